The molecule has 2 heterocycles. The summed E-state index contributed by atoms with van der Waals surface area (Å²) in [6, 6.07) is 0.831. The molecule has 0 bridgehead atoms. The minimum absolute atomic E-state index is 0.831. The van der Waals surface area contributed by atoms with E-state index in [0.29, 0.717) is 0 Å². The minimum atomic E-state index is 0.831. The number of anilines is 1. The normalized spacial score (nSPS) is 27.6. The Morgan fingerprint density at radius 3 is 2.75 bits per heavy atom. The fourth-order valence-corrected chi connectivity index (χ4v) is 4.05. The molecule has 112 valence electrons. The highest BCUT2D eigenvalue weighted by atomic mass is 32.1. The fourth-order valence-electron chi connectivity index (χ4n) is 3.35. The zero-order valence-electron chi connectivity index (χ0n) is 12.4. The minimum Gasteiger partial charge on any atom is -0.346 e. The zero-order chi connectivity index (χ0) is 13.8. The molecule has 2 atom stereocenters. The molecule has 4 nitrogen and oxygen atoms in total. The van der Waals surface area contributed by atoms with Gasteiger partial charge in [-0.1, -0.05) is 6.92 Å². The number of nitrogens with one attached hydrogen (secondary N) is 1. The molecule has 1 aliphatic carbocycles. The van der Waals surface area contributed by atoms with Crippen LogP contribution < -0.4 is 10.2 Å². The second-order valence-electron chi connectivity index (χ2n) is 5.95. The van der Waals surface area contributed by atoms with Gasteiger partial charge in [-0.3, -0.25) is 4.90 Å². The molecule has 5 heteroatoms. The lowest BCUT2D eigenvalue weighted by molar-refractivity contribution is 0.0573. The number of aromatic nitrogens is 1. The molecular weight excluding hydrogens is 268 g/mol. The highest BCUT2D eigenvalue weighted by Crippen LogP contribution is 2.32. The van der Waals surface area contributed by atoms with E-state index in [1.807, 2.05) is 6.20 Å². The molecule has 2 unspecified atom stereocenters. The summed E-state index contributed by atoms with van der Waals surface area (Å²) in [7, 11) is 0. The first kappa shape index (κ1) is 14.3. The van der Waals surface area contributed by atoms with Crippen LogP contribution in [0, 0.1) is 5.92 Å². The van der Waals surface area contributed by atoms with Crippen LogP contribution in [-0.2, 0) is 0 Å². The van der Waals surface area contributed by atoms with Crippen LogP contribution in [0.15, 0.2) is 11.6 Å². The Kier molecular flexibility index (Phi) is 4.91. The molecule has 1 aliphatic heterocycles. The van der Waals surface area contributed by atoms with Gasteiger partial charge in [0.15, 0.2) is 5.13 Å². The van der Waals surface area contributed by atoms with Gasteiger partial charge in [0, 0.05) is 43.8 Å². The average Bonchev–Trinajstić information content (AvgIpc) is 2.97. The molecule has 0 amide bonds. The Bertz CT molecular complexity index is 387. The van der Waals surface area contributed by atoms with Gasteiger partial charge in [0.05, 0.1) is 0 Å². The quantitative estimate of drug-likeness (QED) is 0.814. The highest BCUT2D eigenvalue weighted by molar-refractivity contribution is 7.13. The Labute approximate surface area is 126 Å². The Morgan fingerprint density at radius 2 is 2.15 bits per heavy atom. The molecule has 1 aromatic heterocycles. The smallest absolute Gasteiger partial charge is 0.185 e. The third-order valence-corrected chi connectivity index (χ3v) is 5.52. The number of hydrogen-bond acceptors (Lipinski definition) is 5. The summed E-state index contributed by atoms with van der Waals surface area (Å²) in [5, 5.41) is 6.86. The number of thiazole rings is 1. The van der Waals surface area contributed by atoms with Gasteiger partial charge in [-0.05, 0) is 38.3 Å². The van der Waals surface area contributed by atoms with E-state index in [2.05, 4.69) is 32.4 Å². The molecule has 2 fully saturated rings. The van der Waals surface area contributed by atoms with Crippen molar-refractivity contribution in [2.24, 2.45) is 5.92 Å². The van der Waals surface area contributed by atoms with Crippen molar-refractivity contribution in [2.45, 2.75) is 32.2 Å². The van der Waals surface area contributed by atoms with Crippen LogP contribution in [0.3, 0.4) is 0 Å². The molecule has 1 saturated carbocycles. The van der Waals surface area contributed by atoms with E-state index in [0.717, 1.165) is 25.0 Å². The maximum Gasteiger partial charge on any atom is 0.185 e. The average molecular weight is 294 g/mol. The third kappa shape index (κ3) is 3.15. The van der Waals surface area contributed by atoms with Gasteiger partial charge in [0.25, 0.3) is 0 Å². The van der Waals surface area contributed by atoms with Gasteiger partial charge < -0.3 is 10.2 Å². The summed E-state index contributed by atoms with van der Waals surface area (Å²) in [6.45, 7) is 9.30. The van der Waals surface area contributed by atoms with Crippen LogP contribution in [0.25, 0.3) is 0 Å². The molecular formula is C15H26N4S. The van der Waals surface area contributed by atoms with Gasteiger partial charge in [-0.15, -0.1) is 11.3 Å². The van der Waals surface area contributed by atoms with Crippen molar-refractivity contribution in [3.8, 4) is 0 Å². The van der Waals surface area contributed by atoms with Gasteiger partial charge in [0.2, 0.25) is 0 Å². The van der Waals surface area contributed by atoms with E-state index in [1.165, 1.54) is 50.6 Å². The van der Waals surface area contributed by atoms with E-state index >= 15 is 0 Å². The molecule has 0 radical (unpaired) electrons. The second kappa shape index (κ2) is 6.87. The molecule has 1 saturated heterocycles. The van der Waals surface area contributed by atoms with Gasteiger partial charge in [-0.2, -0.15) is 0 Å². The lowest BCUT2D eigenvalue weighted by Crippen LogP contribution is -2.57. The fraction of sp³-hybridized carbons (Fsp3) is 0.800. The molecule has 2 aliphatic rings. The topological polar surface area (TPSA) is 31.4 Å². The van der Waals surface area contributed by atoms with Crippen LogP contribution in [0.4, 0.5) is 5.13 Å². The molecule has 1 N–H and O–H groups in total. The first-order valence-electron chi connectivity index (χ1n) is 7.97. The summed E-state index contributed by atoms with van der Waals surface area (Å²) in [5.74, 6) is 0.882. The van der Waals surface area contributed by atoms with Crippen LogP contribution in [0.2, 0.25) is 0 Å². The van der Waals surface area contributed by atoms with E-state index < -0.39 is 0 Å². The maximum absolute atomic E-state index is 4.42. The molecule has 0 aromatic carbocycles. The summed E-state index contributed by atoms with van der Waals surface area (Å²) in [5.41, 5.74) is 0. The van der Waals surface area contributed by atoms with Crippen molar-refractivity contribution in [3.63, 3.8) is 0 Å². The Morgan fingerprint density at radius 1 is 1.30 bits per heavy atom. The van der Waals surface area contributed by atoms with Gasteiger partial charge in [0.1, 0.15) is 0 Å². The lowest BCUT2D eigenvalue weighted by atomic mass is 9.78. The number of nitrogens with zero attached hydrogens (tertiary/aromatic N) is 3. The molecule has 3 rings (SSSR count). The van der Waals surface area contributed by atoms with E-state index in [4.69, 9.17) is 0 Å². The first-order chi connectivity index (χ1) is 9.88. The maximum atomic E-state index is 4.42. The monoisotopic (exact) mass is 294 g/mol. The predicted octanol–water partition coefficient (Wildman–Crippen LogP) is 2.04. The number of hydrogen-bond donors (Lipinski definition) is 1. The van der Waals surface area contributed by atoms with E-state index in [1.54, 1.807) is 11.3 Å². The van der Waals surface area contributed by atoms with Crippen LogP contribution in [0.1, 0.15) is 26.2 Å². The summed E-state index contributed by atoms with van der Waals surface area (Å²) in [6.07, 6.45) is 5.96. The van der Waals surface area contributed by atoms with Crippen molar-refractivity contribution < 1.29 is 0 Å². The van der Waals surface area contributed by atoms with Crippen LogP contribution in [-0.4, -0.2) is 55.2 Å². The summed E-state index contributed by atoms with van der Waals surface area (Å²) >= 11 is 1.76. The first-order valence-corrected chi connectivity index (χ1v) is 8.85. The zero-order valence-corrected chi connectivity index (χ0v) is 13.2. The van der Waals surface area contributed by atoms with Gasteiger partial charge >= 0.3 is 0 Å². The summed E-state index contributed by atoms with van der Waals surface area (Å²) < 4.78 is 0. The Hall–Kier alpha value is -0.650. The van der Waals surface area contributed by atoms with Crippen molar-refractivity contribution >= 4 is 16.5 Å². The van der Waals surface area contributed by atoms with Crippen molar-refractivity contribution in [3.05, 3.63) is 11.6 Å². The van der Waals surface area contributed by atoms with E-state index in [9.17, 15) is 0 Å². The third-order valence-electron chi connectivity index (χ3n) is 4.68. The molecule has 0 spiro atoms. The van der Waals surface area contributed by atoms with E-state index in [-0.39, 0.29) is 0 Å². The van der Waals surface area contributed by atoms with Gasteiger partial charge in [-0.25, -0.2) is 4.98 Å². The van der Waals surface area contributed by atoms with Crippen LogP contribution in [0.5, 0.6) is 0 Å². The van der Waals surface area contributed by atoms with Crippen molar-refractivity contribution in [1.29, 1.82) is 0 Å². The number of rotatable bonds is 6. The lowest BCUT2D eigenvalue weighted by Gasteiger charge is -2.47. The second-order valence-corrected chi connectivity index (χ2v) is 6.82. The van der Waals surface area contributed by atoms with Crippen molar-refractivity contribution in [1.82, 2.24) is 15.2 Å². The summed E-state index contributed by atoms with van der Waals surface area (Å²) in [4.78, 5) is 9.57. The Balaban J connectivity index is 1.44. The SMILES string of the molecule is CCCNCC1CCC1N1CCN(c2nccs2)CC1. The molecule has 20 heavy (non-hydrogen) atoms. The molecule has 1 aromatic rings. The predicted molar refractivity (Wildman–Crippen MR) is 85.6 cm³/mol. The highest BCUT2D eigenvalue weighted by Gasteiger charge is 2.36. The van der Waals surface area contributed by atoms with Crippen molar-refractivity contribution in [2.75, 3.05) is 44.2 Å². The largest absolute Gasteiger partial charge is 0.346 e. The van der Waals surface area contributed by atoms with Crippen LogP contribution >= 0.6 is 11.3 Å². The number of piperazine rings is 1. The standard InChI is InChI=1S/C15H26N4S/c1-2-5-16-12-13-3-4-14(13)18-7-9-19(10-8-18)15-17-6-11-20-15/h6,11,13-14,16H,2-5,7-10,12H2,1H3.